The molecule has 5 nitrogen and oxygen atoms in total. The number of fused-ring (bicyclic) bond motifs is 3. The molecule has 0 unspecified atom stereocenters. The van der Waals surface area contributed by atoms with Gasteiger partial charge in [0.2, 0.25) is 0 Å². The molecule has 10 rings (SSSR count). The number of hydrogen-bond acceptors (Lipinski definition) is 8. The molecule has 4 N–H and O–H groups in total. The van der Waals surface area contributed by atoms with Gasteiger partial charge in [-0.1, -0.05) is 143 Å². The van der Waals surface area contributed by atoms with Gasteiger partial charge in [-0.2, -0.15) is 0 Å². The van der Waals surface area contributed by atoms with Gasteiger partial charge < -0.3 is 11.5 Å². The second-order valence-corrected chi connectivity index (χ2v) is 17.6. The molecule has 0 aliphatic rings. The van der Waals surface area contributed by atoms with Crippen LogP contribution in [0, 0.1) is 20.8 Å². The van der Waals surface area contributed by atoms with Crippen LogP contribution in [-0.2, 0) is 11.9 Å². The van der Waals surface area contributed by atoms with Crippen molar-refractivity contribution in [3.63, 3.8) is 0 Å². The molecule has 10 aromatic rings. The number of hydrogen-bond donors (Lipinski definition) is 2. The van der Waals surface area contributed by atoms with Gasteiger partial charge in [-0.3, -0.25) is 0 Å². The molecule has 0 amide bonds. The third-order valence-corrected chi connectivity index (χ3v) is 13.2. The lowest BCUT2D eigenvalue weighted by Crippen LogP contribution is -1.94. The van der Waals surface area contributed by atoms with Gasteiger partial charge in [-0.15, -0.1) is 34.0 Å². The number of anilines is 1. The maximum atomic E-state index is 5.64. The molecular formula is C50H44BrN5S3. The SMILES string of the molecule is BrCc1ccc2nc(-c3ccccc3)sc2c1.Cc1ccc(N)c(C)c1.Cc1ccc2nc(-c3ccccc3)sc2c1.NCc1ccc2nc(-c3ccccc3)sc2c1. The van der Waals surface area contributed by atoms with Gasteiger partial charge in [-0.05, 0) is 85.5 Å². The van der Waals surface area contributed by atoms with E-state index in [9.17, 15) is 0 Å². The number of nitrogen functional groups attached to an aromatic ring is 1. The average Bonchev–Trinajstić information content (AvgIpc) is 4.03. The summed E-state index contributed by atoms with van der Waals surface area (Å²) in [6.07, 6.45) is 0. The number of nitrogens with two attached hydrogens (primary N) is 2. The van der Waals surface area contributed by atoms with Crippen LogP contribution < -0.4 is 11.5 Å². The predicted octanol–water partition coefficient (Wildman–Crippen LogP) is 14.4. The van der Waals surface area contributed by atoms with Crippen molar-refractivity contribution in [2.24, 2.45) is 5.73 Å². The molecule has 0 fully saturated rings. The molecule has 0 saturated carbocycles. The van der Waals surface area contributed by atoms with Crippen LogP contribution in [0.1, 0.15) is 27.8 Å². The smallest absolute Gasteiger partial charge is 0.124 e. The van der Waals surface area contributed by atoms with Gasteiger partial charge in [0.05, 0.1) is 30.6 Å². The number of aryl methyl sites for hydroxylation is 3. The van der Waals surface area contributed by atoms with E-state index in [-0.39, 0.29) is 0 Å². The number of rotatable bonds is 5. The number of benzene rings is 7. The number of halogens is 1. The van der Waals surface area contributed by atoms with Crippen LogP contribution >= 0.6 is 49.9 Å². The standard InChI is InChI=1S/C14H10BrNS.C14H12N2S.C14H11NS.C8H11N/c2*15-9-10-6-7-12-13(8-10)17-14(16-12)11-4-2-1-3-5-11;1-10-7-8-12-13(9-10)16-14(15-12)11-5-3-2-4-6-11;1-6-3-4-8(9)7(2)5-6/h1-8H,9H2;1-8H,9,15H2;2-9H,1H3;3-5H,9H2,1-2H3. The Bertz CT molecular complexity index is 2790. The van der Waals surface area contributed by atoms with E-state index in [0.717, 1.165) is 53.7 Å². The Kier molecular flexibility index (Phi) is 14.1. The van der Waals surface area contributed by atoms with E-state index in [0.29, 0.717) is 6.54 Å². The van der Waals surface area contributed by atoms with Crippen molar-refractivity contribution in [1.82, 2.24) is 15.0 Å². The topological polar surface area (TPSA) is 90.7 Å². The van der Waals surface area contributed by atoms with Crippen molar-refractivity contribution in [3.8, 4) is 31.7 Å². The van der Waals surface area contributed by atoms with E-state index in [1.807, 2.05) is 85.8 Å². The first kappa shape index (κ1) is 41.6. The Morgan fingerprint density at radius 2 is 0.847 bits per heavy atom. The van der Waals surface area contributed by atoms with Crippen molar-refractivity contribution in [3.05, 3.63) is 192 Å². The third kappa shape index (κ3) is 10.9. The molecule has 0 saturated heterocycles. The van der Waals surface area contributed by atoms with Crippen molar-refractivity contribution in [2.75, 3.05) is 5.73 Å². The van der Waals surface area contributed by atoms with Crippen molar-refractivity contribution in [1.29, 1.82) is 0 Å². The Labute approximate surface area is 366 Å². The second-order valence-electron chi connectivity index (χ2n) is 13.9. The van der Waals surface area contributed by atoms with E-state index in [1.54, 1.807) is 34.0 Å². The van der Waals surface area contributed by atoms with Crippen LogP contribution in [0.3, 0.4) is 0 Å². The Morgan fingerprint density at radius 3 is 1.27 bits per heavy atom. The average molecular weight is 891 g/mol. The normalized spacial score (nSPS) is 10.7. The van der Waals surface area contributed by atoms with Gasteiger partial charge in [-0.25, -0.2) is 15.0 Å². The highest BCUT2D eigenvalue weighted by molar-refractivity contribution is 9.08. The van der Waals surface area contributed by atoms with Crippen LogP contribution in [0.2, 0.25) is 0 Å². The predicted molar refractivity (Wildman–Crippen MR) is 261 cm³/mol. The van der Waals surface area contributed by atoms with Crippen LogP contribution in [0.5, 0.6) is 0 Å². The first-order valence-electron chi connectivity index (χ1n) is 19.2. The maximum absolute atomic E-state index is 5.64. The Balaban J connectivity index is 0.000000122. The highest BCUT2D eigenvalue weighted by Gasteiger charge is 2.08. The third-order valence-electron chi connectivity index (χ3n) is 9.33. The molecule has 0 atom stereocenters. The summed E-state index contributed by atoms with van der Waals surface area (Å²) in [6.45, 7) is 6.77. The zero-order valence-corrected chi connectivity index (χ0v) is 37.1. The lowest BCUT2D eigenvalue weighted by atomic mass is 10.1. The summed E-state index contributed by atoms with van der Waals surface area (Å²) < 4.78 is 3.71. The molecule has 3 heterocycles. The largest absolute Gasteiger partial charge is 0.399 e. The summed E-state index contributed by atoms with van der Waals surface area (Å²) in [4.78, 5) is 13.9. The molecule has 0 bridgehead atoms. The minimum absolute atomic E-state index is 0.578. The van der Waals surface area contributed by atoms with Crippen LogP contribution in [0.15, 0.2) is 164 Å². The summed E-state index contributed by atoms with van der Waals surface area (Å²) in [5, 5.41) is 4.14. The number of nitrogens with zero attached hydrogens (tertiary/aromatic N) is 3. The van der Waals surface area contributed by atoms with Gasteiger partial charge in [0.1, 0.15) is 15.0 Å². The number of aromatic nitrogens is 3. The fraction of sp³-hybridized carbons (Fsp3) is 0.100. The molecule has 294 valence electrons. The lowest BCUT2D eigenvalue weighted by molar-refractivity contribution is 1.08. The molecule has 59 heavy (non-hydrogen) atoms. The molecule has 0 aliphatic carbocycles. The monoisotopic (exact) mass is 889 g/mol. The van der Waals surface area contributed by atoms with E-state index in [1.165, 1.54) is 47.5 Å². The summed E-state index contributed by atoms with van der Waals surface area (Å²) in [5.41, 5.74) is 25.0. The van der Waals surface area contributed by atoms with Crippen LogP contribution in [0.4, 0.5) is 5.69 Å². The maximum Gasteiger partial charge on any atom is 0.124 e. The zero-order chi connectivity index (χ0) is 41.1. The quantitative estimate of drug-likeness (QED) is 0.133. The summed E-state index contributed by atoms with van der Waals surface area (Å²) >= 11 is 8.69. The lowest BCUT2D eigenvalue weighted by Gasteiger charge is -1.98. The first-order chi connectivity index (χ1) is 28.8. The van der Waals surface area contributed by atoms with Crippen LogP contribution in [0.25, 0.3) is 62.4 Å². The zero-order valence-electron chi connectivity index (χ0n) is 33.1. The Morgan fingerprint density at radius 1 is 0.458 bits per heavy atom. The molecule has 9 heteroatoms. The summed E-state index contributed by atoms with van der Waals surface area (Å²) in [7, 11) is 0. The van der Waals surface area contributed by atoms with Crippen molar-refractivity contribution >= 4 is 86.3 Å². The van der Waals surface area contributed by atoms with E-state index in [2.05, 4.69) is 130 Å². The minimum atomic E-state index is 0.578. The first-order valence-corrected chi connectivity index (χ1v) is 22.7. The fourth-order valence-electron chi connectivity index (χ4n) is 6.12. The van der Waals surface area contributed by atoms with Crippen molar-refractivity contribution < 1.29 is 0 Å². The van der Waals surface area contributed by atoms with Crippen LogP contribution in [-0.4, -0.2) is 15.0 Å². The molecular weight excluding hydrogens is 847 g/mol. The summed E-state index contributed by atoms with van der Waals surface area (Å²) in [5.74, 6) is 0. The van der Waals surface area contributed by atoms with Gasteiger partial charge in [0, 0.05) is 34.3 Å². The minimum Gasteiger partial charge on any atom is -0.399 e. The highest BCUT2D eigenvalue weighted by Crippen LogP contribution is 2.33. The van der Waals surface area contributed by atoms with Crippen molar-refractivity contribution in [2.45, 2.75) is 32.6 Å². The van der Waals surface area contributed by atoms with Gasteiger partial charge >= 0.3 is 0 Å². The molecule has 7 aromatic carbocycles. The highest BCUT2D eigenvalue weighted by atomic mass is 79.9. The molecule has 0 spiro atoms. The van der Waals surface area contributed by atoms with E-state index < -0.39 is 0 Å². The molecule has 3 aromatic heterocycles. The summed E-state index contributed by atoms with van der Waals surface area (Å²) in [6, 6.07) is 55.9. The van der Waals surface area contributed by atoms with E-state index in [4.69, 9.17) is 11.5 Å². The van der Waals surface area contributed by atoms with Gasteiger partial charge in [0.15, 0.2) is 0 Å². The number of alkyl halides is 1. The number of thiazole rings is 3. The van der Waals surface area contributed by atoms with Gasteiger partial charge in [0.25, 0.3) is 0 Å². The fourth-order valence-corrected chi connectivity index (χ4v) is 9.61. The Hall–Kier alpha value is -5.55. The molecule has 0 radical (unpaired) electrons. The second kappa shape index (κ2) is 19.9. The molecule has 0 aliphatic heterocycles. The van der Waals surface area contributed by atoms with E-state index >= 15 is 0 Å².